The van der Waals surface area contributed by atoms with E-state index in [0.717, 1.165) is 6.92 Å². The molecule has 0 radical (unpaired) electrons. The Bertz CT molecular complexity index is 497. The summed E-state index contributed by atoms with van der Waals surface area (Å²) in [6.07, 6.45) is -1.34. The zero-order valence-electron chi connectivity index (χ0n) is 11.8. The minimum Gasteiger partial charge on any atom is -0.462 e. The van der Waals surface area contributed by atoms with Crippen molar-refractivity contribution in [3.8, 4) is 0 Å². The maximum atomic E-state index is 12.5. The largest absolute Gasteiger partial charge is 0.462 e. The molecule has 5 nitrogen and oxygen atoms in total. The number of halogens is 3. The normalized spacial score (nSPS) is 12.9. The Kier molecular flexibility index (Phi) is 6.25. The standard InChI is InChI=1S/C12H16F3N3O2S/c1-4-20-10(19)8-6-17-11(21-3)18-9(8)16-5-7(2)12(13,14)15/h6-7H,4-5H2,1-3H3,(H,16,17,18). The number of carbonyl (C=O) groups excluding carboxylic acids is 1. The van der Waals surface area contributed by atoms with E-state index in [2.05, 4.69) is 15.3 Å². The molecule has 0 saturated heterocycles. The van der Waals surface area contributed by atoms with Crippen LogP contribution in [0.2, 0.25) is 0 Å². The lowest BCUT2D eigenvalue weighted by Gasteiger charge is -2.17. The highest BCUT2D eigenvalue weighted by Crippen LogP contribution is 2.26. The summed E-state index contributed by atoms with van der Waals surface area (Å²) in [6, 6.07) is 0. The van der Waals surface area contributed by atoms with Gasteiger partial charge >= 0.3 is 12.1 Å². The maximum Gasteiger partial charge on any atom is 0.393 e. The van der Waals surface area contributed by atoms with E-state index in [1.54, 1.807) is 13.2 Å². The third-order valence-corrected chi connectivity index (χ3v) is 3.14. The van der Waals surface area contributed by atoms with Crippen LogP contribution in [0, 0.1) is 5.92 Å². The number of esters is 1. The van der Waals surface area contributed by atoms with Gasteiger partial charge < -0.3 is 10.1 Å². The van der Waals surface area contributed by atoms with Crippen molar-refractivity contribution in [3.63, 3.8) is 0 Å². The zero-order chi connectivity index (χ0) is 16.0. The summed E-state index contributed by atoms with van der Waals surface area (Å²) in [7, 11) is 0. The Hall–Kier alpha value is -1.51. The van der Waals surface area contributed by atoms with Crippen molar-refractivity contribution in [3.05, 3.63) is 11.8 Å². The lowest BCUT2D eigenvalue weighted by atomic mass is 10.1. The number of nitrogens with zero attached hydrogens (tertiary/aromatic N) is 2. The van der Waals surface area contributed by atoms with E-state index in [9.17, 15) is 18.0 Å². The second-order valence-corrected chi connectivity index (χ2v) is 4.94. The highest BCUT2D eigenvalue weighted by atomic mass is 32.2. The van der Waals surface area contributed by atoms with E-state index < -0.39 is 18.1 Å². The summed E-state index contributed by atoms with van der Waals surface area (Å²) < 4.78 is 42.4. The van der Waals surface area contributed by atoms with Gasteiger partial charge in [-0.2, -0.15) is 13.2 Å². The number of aromatic nitrogens is 2. The average Bonchev–Trinajstić information content (AvgIpc) is 2.43. The van der Waals surface area contributed by atoms with Crippen molar-refractivity contribution in [2.45, 2.75) is 25.2 Å². The highest BCUT2D eigenvalue weighted by molar-refractivity contribution is 7.98. The van der Waals surface area contributed by atoms with Crippen molar-refractivity contribution in [2.75, 3.05) is 24.7 Å². The maximum absolute atomic E-state index is 12.5. The molecule has 0 aliphatic carbocycles. The molecule has 21 heavy (non-hydrogen) atoms. The smallest absolute Gasteiger partial charge is 0.393 e. The number of rotatable bonds is 6. The Balaban J connectivity index is 2.94. The second-order valence-electron chi connectivity index (χ2n) is 4.16. The van der Waals surface area contributed by atoms with E-state index in [1.165, 1.54) is 18.0 Å². The predicted octanol–water partition coefficient (Wildman–Crippen LogP) is 2.99. The number of nitrogens with one attached hydrogen (secondary N) is 1. The lowest BCUT2D eigenvalue weighted by Crippen LogP contribution is -2.27. The van der Waals surface area contributed by atoms with Gasteiger partial charge in [-0.25, -0.2) is 14.8 Å². The Morgan fingerprint density at radius 2 is 2.19 bits per heavy atom. The van der Waals surface area contributed by atoms with Crippen LogP contribution in [0.5, 0.6) is 0 Å². The Labute approximate surface area is 124 Å². The first-order chi connectivity index (χ1) is 9.79. The highest BCUT2D eigenvalue weighted by Gasteiger charge is 2.35. The summed E-state index contributed by atoms with van der Waals surface area (Å²) in [5.41, 5.74) is 0.0176. The quantitative estimate of drug-likeness (QED) is 0.493. The van der Waals surface area contributed by atoms with Gasteiger partial charge in [0.1, 0.15) is 11.4 Å². The third kappa shape index (κ3) is 5.07. The molecule has 1 rings (SSSR count). The molecule has 0 amide bonds. The molecule has 1 aromatic rings. The second kappa shape index (κ2) is 7.48. The summed E-state index contributed by atoms with van der Waals surface area (Å²) in [5, 5.41) is 2.90. The van der Waals surface area contributed by atoms with E-state index in [0.29, 0.717) is 5.16 Å². The predicted molar refractivity (Wildman–Crippen MR) is 73.5 cm³/mol. The van der Waals surface area contributed by atoms with Crippen LogP contribution in [-0.4, -0.2) is 41.5 Å². The van der Waals surface area contributed by atoms with Crippen LogP contribution < -0.4 is 5.32 Å². The molecule has 1 N–H and O–H groups in total. The monoisotopic (exact) mass is 323 g/mol. The number of hydrogen-bond donors (Lipinski definition) is 1. The first-order valence-corrected chi connectivity index (χ1v) is 7.40. The number of alkyl halides is 3. The molecular weight excluding hydrogens is 307 g/mol. The van der Waals surface area contributed by atoms with Crippen molar-refractivity contribution >= 4 is 23.5 Å². The van der Waals surface area contributed by atoms with Crippen LogP contribution in [0.15, 0.2) is 11.4 Å². The molecule has 1 unspecified atom stereocenters. The van der Waals surface area contributed by atoms with Gasteiger partial charge in [0.05, 0.1) is 12.5 Å². The molecule has 0 fully saturated rings. The van der Waals surface area contributed by atoms with Gasteiger partial charge in [0, 0.05) is 12.7 Å². The summed E-state index contributed by atoms with van der Waals surface area (Å²) in [4.78, 5) is 19.7. The molecule has 1 heterocycles. The first kappa shape index (κ1) is 17.5. The van der Waals surface area contributed by atoms with Crippen molar-refractivity contribution in [1.82, 2.24) is 9.97 Å². The molecular formula is C12H16F3N3O2S. The fourth-order valence-corrected chi connectivity index (χ4v) is 1.66. The van der Waals surface area contributed by atoms with Gasteiger partial charge in [0.25, 0.3) is 0 Å². The van der Waals surface area contributed by atoms with Gasteiger partial charge in [-0.05, 0) is 13.2 Å². The molecule has 1 aromatic heterocycles. The number of anilines is 1. The van der Waals surface area contributed by atoms with Crippen LogP contribution in [-0.2, 0) is 4.74 Å². The van der Waals surface area contributed by atoms with Gasteiger partial charge in [-0.1, -0.05) is 18.7 Å². The van der Waals surface area contributed by atoms with Crippen LogP contribution in [0.1, 0.15) is 24.2 Å². The number of hydrogen-bond acceptors (Lipinski definition) is 6. The van der Waals surface area contributed by atoms with E-state index in [-0.39, 0.29) is 24.5 Å². The van der Waals surface area contributed by atoms with Gasteiger partial charge in [0.15, 0.2) is 5.16 Å². The Morgan fingerprint density at radius 1 is 1.52 bits per heavy atom. The van der Waals surface area contributed by atoms with Crippen LogP contribution >= 0.6 is 11.8 Å². The number of carbonyl (C=O) groups is 1. The molecule has 0 aliphatic heterocycles. The minimum atomic E-state index is -4.31. The topological polar surface area (TPSA) is 64.1 Å². The molecule has 0 bridgehead atoms. The third-order valence-electron chi connectivity index (χ3n) is 2.58. The molecule has 1 atom stereocenters. The van der Waals surface area contributed by atoms with Crippen LogP contribution in [0.4, 0.5) is 19.0 Å². The van der Waals surface area contributed by atoms with Gasteiger partial charge in [-0.15, -0.1) is 0 Å². The zero-order valence-corrected chi connectivity index (χ0v) is 12.6. The minimum absolute atomic E-state index is 0.0176. The van der Waals surface area contributed by atoms with Crippen molar-refractivity contribution < 1.29 is 22.7 Å². The van der Waals surface area contributed by atoms with E-state index >= 15 is 0 Å². The molecule has 118 valence electrons. The van der Waals surface area contributed by atoms with Crippen molar-refractivity contribution in [2.24, 2.45) is 5.92 Å². The molecule has 0 saturated carbocycles. The molecule has 9 heteroatoms. The summed E-state index contributed by atoms with van der Waals surface area (Å²) in [5.74, 6) is -2.20. The fraction of sp³-hybridized carbons (Fsp3) is 0.583. The molecule has 0 aliphatic rings. The summed E-state index contributed by atoms with van der Waals surface area (Å²) >= 11 is 1.22. The lowest BCUT2D eigenvalue weighted by molar-refractivity contribution is -0.165. The number of thioether (sulfide) groups is 1. The number of ether oxygens (including phenoxy) is 1. The average molecular weight is 323 g/mol. The van der Waals surface area contributed by atoms with E-state index in [4.69, 9.17) is 4.74 Å². The van der Waals surface area contributed by atoms with Crippen molar-refractivity contribution in [1.29, 1.82) is 0 Å². The molecule has 0 aromatic carbocycles. The van der Waals surface area contributed by atoms with Crippen LogP contribution in [0.25, 0.3) is 0 Å². The van der Waals surface area contributed by atoms with Gasteiger partial charge in [-0.3, -0.25) is 0 Å². The molecule has 0 spiro atoms. The van der Waals surface area contributed by atoms with Gasteiger partial charge in [0.2, 0.25) is 0 Å². The summed E-state index contributed by atoms with van der Waals surface area (Å²) in [6.45, 7) is 2.45. The Morgan fingerprint density at radius 3 is 2.71 bits per heavy atom. The van der Waals surface area contributed by atoms with E-state index in [1.807, 2.05) is 0 Å². The first-order valence-electron chi connectivity index (χ1n) is 6.18. The fourth-order valence-electron chi connectivity index (χ4n) is 1.32. The van der Waals surface area contributed by atoms with Crippen LogP contribution in [0.3, 0.4) is 0 Å². The SMILES string of the molecule is CCOC(=O)c1cnc(SC)nc1NCC(C)C(F)(F)F.